The van der Waals surface area contributed by atoms with Crippen LogP contribution in [0.4, 0.5) is 10.5 Å². The van der Waals surface area contributed by atoms with Crippen LogP contribution < -0.4 is 5.32 Å². The molecular formula is C22H21N5O2. The minimum atomic E-state index is -0.256. The van der Waals surface area contributed by atoms with Gasteiger partial charge in [0.25, 0.3) is 0 Å². The molecule has 0 radical (unpaired) electrons. The van der Waals surface area contributed by atoms with Gasteiger partial charge in [-0.1, -0.05) is 28.9 Å². The van der Waals surface area contributed by atoms with Crippen LogP contribution in [0, 0.1) is 18.3 Å². The standard InChI is InChI=1S/C22H21N5O2/c1-15-5-4-6-17(13-15)20-25-21(29-26-20)19-7-2-3-12-27(19)22(28)24-18-10-8-16(14-23)9-11-18/h4-6,8-11,13,19H,2-3,7,12H2,1H3,(H,24,28)/t19-/m1/s1. The first kappa shape index (κ1) is 18.7. The summed E-state index contributed by atoms with van der Waals surface area (Å²) < 4.78 is 5.54. The number of carbonyl (C=O) groups excluding carboxylic acids is 1. The highest BCUT2D eigenvalue weighted by atomic mass is 16.5. The van der Waals surface area contributed by atoms with Crippen molar-refractivity contribution in [2.24, 2.45) is 0 Å². The number of piperidine rings is 1. The van der Waals surface area contributed by atoms with Crippen LogP contribution in [0.2, 0.25) is 0 Å². The summed E-state index contributed by atoms with van der Waals surface area (Å²) in [6.45, 7) is 2.63. The molecule has 0 spiro atoms. The molecule has 1 aliphatic rings. The quantitative estimate of drug-likeness (QED) is 0.704. The summed E-state index contributed by atoms with van der Waals surface area (Å²) in [6.07, 6.45) is 2.69. The van der Waals surface area contributed by atoms with Crippen LogP contribution >= 0.6 is 0 Å². The van der Waals surface area contributed by atoms with E-state index < -0.39 is 0 Å². The molecule has 2 heterocycles. The summed E-state index contributed by atoms with van der Waals surface area (Å²) >= 11 is 0. The Hall–Kier alpha value is -3.66. The second kappa shape index (κ2) is 8.15. The van der Waals surface area contributed by atoms with Crippen molar-refractivity contribution in [1.82, 2.24) is 15.0 Å². The maximum Gasteiger partial charge on any atom is 0.322 e. The van der Waals surface area contributed by atoms with E-state index in [0.29, 0.717) is 29.5 Å². The fraction of sp³-hybridized carbons (Fsp3) is 0.273. The van der Waals surface area contributed by atoms with E-state index >= 15 is 0 Å². The highest BCUT2D eigenvalue weighted by molar-refractivity contribution is 5.89. The molecule has 2 aromatic carbocycles. The van der Waals surface area contributed by atoms with Gasteiger partial charge in [-0.3, -0.25) is 0 Å². The fourth-order valence-corrected chi connectivity index (χ4v) is 3.53. The molecule has 1 fully saturated rings. The van der Waals surface area contributed by atoms with Crippen molar-refractivity contribution in [3.05, 3.63) is 65.5 Å². The van der Waals surface area contributed by atoms with Crippen molar-refractivity contribution < 1.29 is 9.32 Å². The fourth-order valence-electron chi connectivity index (χ4n) is 3.53. The molecule has 7 heteroatoms. The number of likely N-dealkylation sites (tertiary alicyclic amines) is 1. The molecule has 1 saturated heterocycles. The predicted molar refractivity (Wildman–Crippen MR) is 108 cm³/mol. The number of aromatic nitrogens is 2. The lowest BCUT2D eigenvalue weighted by molar-refractivity contribution is 0.142. The Balaban J connectivity index is 1.53. The lowest BCUT2D eigenvalue weighted by Crippen LogP contribution is -2.41. The third-order valence-corrected chi connectivity index (χ3v) is 5.03. The number of amides is 2. The molecule has 1 atom stereocenters. The molecule has 1 aliphatic heterocycles. The Kier molecular flexibility index (Phi) is 5.25. The third kappa shape index (κ3) is 4.11. The number of urea groups is 1. The van der Waals surface area contributed by atoms with Crippen LogP contribution in [0.5, 0.6) is 0 Å². The molecule has 2 amide bonds. The molecule has 29 heavy (non-hydrogen) atoms. The number of benzene rings is 2. The van der Waals surface area contributed by atoms with Gasteiger partial charge in [0.1, 0.15) is 6.04 Å². The SMILES string of the molecule is Cc1cccc(-c2noc([C@H]3CCCCN3C(=O)Nc3ccc(C#N)cc3)n2)c1. The number of nitrogens with one attached hydrogen (secondary N) is 1. The molecular weight excluding hydrogens is 366 g/mol. The zero-order valence-electron chi connectivity index (χ0n) is 16.1. The van der Waals surface area contributed by atoms with Crippen LogP contribution in [-0.2, 0) is 0 Å². The highest BCUT2D eigenvalue weighted by Crippen LogP contribution is 2.31. The topological polar surface area (TPSA) is 95.0 Å². The van der Waals surface area contributed by atoms with E-state index in [9.17, 15) is 4.79 Å². The normalized spacial score (nSPS) is 16.3. The van der Waals surface area contributed by atoms with Crippen molar-refractivity contribution in [1.29, 1.82) is 5.26 Å². The third-order valence-electron chi connectivity index (χ3n) is 5.03. The average Bonchev–Trinajstić information content (AvgIpc) is 3.24. The Morgan fingerprint density at radius 2 is 2.07 bits per heavy atom. The smallest absolute Gasteiger partial charge is 0.322 e. The molecule has 146 valence electrons. The second-order valence-corrected chi connectivity index (χ2v) is 7.15. The van der Waals surface area contributed by atoms with Crippen molar-refractivity contribution >= 4 is 11.7 Å². The van der Waals surface area contributed by atoms with Gasteiger partial charge in [0.15, 0.2) is 0 Å². The van der Waals surface area contributed by atoms with Gasteiger partial charge in [0.2, 0.25) is 11.7 Å². The first-order chi connectivity index (χ1) is 14.1. The van der Waals surface area contributed by atoms with Crippen LogP contribution in [0.15, 0.2) is 53.1 Å². The van der Waals surface area contributed by atoms with E-state index in [0.717, 1.165) is 30.4 Å². The van der Waals surface area contributed by atoms with E-state index in [-0.39, 0.29) is 12.1 Å². The van der Waals surface area contributed by atoms with E-state index in [1.54, 1.807) is 29.2 Å². The first-order valence-electron chi connectivity index (χ1n) is 9.62. The Bertz CT molecular complexity index is 1050. The summed E-state index contributed by atoms with van der Waals surface area (Å²) in [5.41, 5.74) is 3.21. The van der Waals surface area contributed by atoms with Gasteiger partial charge in [-0.15, -0.1) is 0 Å². The largest absolute Gasteiger partial charge is 0.337 e. The van der Waals surface area contributed by atoms with Crippen LogP contribution in [0.3, 0.4) is 0 Å². The molecule has 3 aromatic rings. The van der Waals surface area contributed by atoms with Gasteiger partial charge in [-0.2, -0.15) is 10.2 Å². The van der Waals surface area contributed by atoms with E-state index in [1.807, 2.05) is 31.2 Å². The molecule has 7 nitrogen and oxygen atoms in total. The summed E-state index contributed by atoms with van der Waals surface area (Å²) in [4.78, 5) is 19.2. The first-order valence-corrected chi connectivity index (χ1v) is 9.62. The molecule has 0 saturated carbocycles. The van der Waals surface area contributed by atoms with Gasteiger partial charge in [0, 0.05) is 17.8 Å². The van der Waals surface area contributed by atoms with E-state index in [2.05, 4.69) is 21.5 Å². The van der Waals surface area contributed by atoms with Crippen molar-refractivity contribution in [3.8, 4) is 17.5 Å². The van der Waals surface area contributed by atoms with E-state index in [1.165, 1.54) is 0 Å². The van der Waals surface area contributed by atoms with Gasteiger partial charge < -0.3 is 14.7 Å². The number of aryl methyl sites for hydroxylation is 1. The number of hydrogen-bond donors (Lipinski definition) is 1. The van der Waals surface area contributed by atoms with Gasteiger partial charge in [0.05, 0.1) is 11.6 Å². The Labute approximate surface area is 169 Å². The lowest BCUT2D eigenvalue weighted by Gasteiger charge is -2.33. The number of nitrogens with zero attached hydrogens (tertiary/aromatic N) is 4. The summed E-state index contributed by atoms with van der Waals surface area (Å²) in [6, 6.07) is 16.3. The average molecular weight is 387 g/mol. The van der Waals surface area contributed by atoms with Crippen molar-refractivity contribution in [3.63, 3.8) is 0 Å². The molecule has 0 unspecified atom stereocenters. The molecule has 1 N–H and O–H groups in total. The zero-order chi connectivity index (χ0) is 20.2. The monoisotopic (exact) mass is 387 g/mol. The van der Waals surface area contributed by atoms with Crippen molar-refractivity contribution in [2.75, 3.05) is 11.9 Å². The molecule has 0 aliphatic carbocycles. The van der Waals surface area contributed by atoms with Crippen LogP contribution in [0.25, 0.3) is 11.4 Å². The predicted octanol–water partition coefficient (Wildman–Crippen LogP) is 4.68. The van der Waals surface area contributed by atoms with Crippen LogP contribution in [-0.4, -0.2) is 27.6 Å². The molecule has 4 rings (SSSR count). The maximum atomic E-state index is 12.9. The van der Waals surface area contributed by atoms with Crippen LogP contribution in [0.1, 0.15) is 42.3 Å². The zero-order valence-corrected chi connectivity index (χ0v) is 16.1. The maximum absolute atomic E-state index is 12.9. The summed E-state index contributed by atoms with van der Waals surface area (Å²) in [5, 5.41) is 15.9. The summed E-state index contributed by atoms with van der Waals surface area (Å²) in [7, 11) is 0. The lowest BCUT2D eigenvalue weighted by atomic mass is 10.0. The number of nitriles is 1. The van der Waals surface area contributed by atoms with E-state index in [4.69, 9.17) is 9.78 Å². The Morgan fingerprint density at radius 3 is 2.83 bits per heavy atom. The highest BCUT2D eigenvalue weighted by Gasteiger charge is 2.32. The number of carbonyl (C=O) groups is 1. The van der Waals surface area contributed by atoms with Gasteiger partial charge >= 0.3 is 6.03 Å². The minimum absolute atomic E-state index is 0.213. The minimum Gasteiger partial charge on any atom is -0.337 e. The molecule has 0 bridgehead atoms. The number of anilines is 1. The van der Waals surface area contributed by atoms with Gasteiger partial charge in [-0.05, 0) is 56.5 Å². The van der Waals surface area contributed by atoms with Crippen molar-refractivity contribution in [2.45, 2.75) is 32.2 Å². The Morgan fingerprint density at radius 1 is 1.24 bits per heavy atom. The van der Waals surface area contributed by atoms with Gasteiger partial charge in [-0.25, -0.2) is 4.79 Å². The number of hydrogen-bond acceptors (Lipinski definition) is 5. The summed E-state index contributed by atoms with van der Waals surface area (Å²) in [5.74, 6) is 0.984. The second-order valence-electron chi connectivity index (χ2n) is 7.15. The number of rotatable bonds is 3. The molecule has 1 aromatic heterocycles.